The van der Waals surface area contributed by atoms with Gasteiger partial charge in [0.15, 0.2) is 0 Å². The van der Waals surface area contributed by atoms with Gasteiger partial charge < -0.3 is 19.6 Å². The summed E-state index contributed by atoms with van der Waals surface area (Å²) in [6.07, 6.45) is 2.44. The number of aromatic amines is 2. The molecule has 1 amide bonds. The zero-order valence-electron chi connectivity index (χ0n) is 20.1. The van der Waals surface area contributed by atoms with Crippen molar-refractivity contribution in [3.8, 4) is 11.4 Å². The number of imidazole rings is 1. The average molecular weight is 484 g/mol. The van der Waals surface area contributed by atoms with Crippen LogP contribution in [-0.4, -0.2) is 56.5 Å². The number of nitrogens with one attached hydrogen (secondary N) is 2. The van der Waals surface area contributed by atoms with Gasteiger partial charge in [0.1, 0.15) is 12.4 Å². The number of hydrogen-bond donors (Lipinski definition) is 2. The Morgan fingerprint density at radius 3 is 2.61 bits per heavy atom. The number of para-hydroxylation sites is 1. The number of rotatable bonds is 4. The number of H-pyrrole nitrogens is 2. The van der Waals surface area contributed by atoms with E-state index in [1.165, 1.54) is 0 Å². The van der Waals surface area contributed by atoms with E-state index in [-0.39, 0.29) is 11.7 Å². The van der Waals surface area contributed by atoms with Gasteiger partial charge in [0.05, 0.1) is 17.0 Å². The minimum atomic E-state index is -0.239. The van der Waals surface area contributed by atoms with Crippen LogP contribution in [0.1, 0.15) is 29.8 Å². The molecule has 0 saturated carbocycles. The van der Waals surface area contributed by atoms with Crippen molar-refractivity contribution in [1.82, 2.24) is 24.8 Å². The van der Waals surface area contributed by atoms with Crippen molar-refractivity contribution in [2.24, 2.45) is 0 Å². The number of piperidine rings is 1. The number of carbonyl (C=O) groups is 1. The standard InChI is InChI=1S/C28H29N5O3/c34-27-22(16-20-8-4-5-9-23(20)31-27)26-29-24-12-15-33(17-25(24)30-26)21-10-13-32(14-11-21)28(35)36-18-19-6-2-1-3-7-19/h1-9,16,21H,10-15,17-18H2,(H,29,30)(H,31,34). The van der Waals surface area contributed by atoms with E-state index in [2.05, 4.69) is 14.9 Å². The zero-order valence-corrected chi connectivity index (χ0v) is 20.1. The van der Waals surface area contributed by atoms with Crippen LogP contribution in [0.5, 0.6) is 0 Å². The van der Waals surface area contributed by atoms with Crippen LogP contribution in [0, 0.1) is 0 Å². The van der Waals surface area contributed by atoms with Crippen molar-refractivity contribution in [1.29, 1.82) is 0 Å². The van der Waals surface area contributed by atoms with Crippen LogP contribution in [0.2, 0.25) is 0 Å². The van der Waals surface area contributed by atoms with Crippen LogP contribution in [-0.2, 0) is 24.3 Å². The number of benzene rings is 2. The van der Waals surface area contributed by atoms with E-state index < -0.39 is 0 Å². The second-order valence-corrected chi connectivity index (χ2v) is 9.59. The smallest absolute Gasteiger partial charge is 0.410 e. The molecule has 0 aliphatic carbocycles. The van der Waals surface area contributed by atoms with Gasteiger partial charge in [-0.1, -0.05) is 48.5 Å². The van der Waals surface area contributed by atoms with Gasteiger partial charge in [-0.2, -0.15) is 0 Å². The highest BCUT2D eigenvalue weighted by Crippen LogP contribution is 2.27. The number of fused-ring (bicyclic) bond motifs is 2. The summed E-state index contributed by atoms with van der Waals surface area (Å²) in [6.45, 7) is 3.40. The normalized spacial score (nSPS) is 16.7. The van der Waals surface area contributed by atoms with Crippen LogP contribution in [0.25, 0.3) is 22.3 Å². The summed E-state index contributed by atoms with van der Waals surface area (Å²) in [5, 5.41) is 0.983. The number of ether oxygens (including phenoxy) is 1. The SMILES string of the molecule is O=C(OCc1ccccc1)N1CCC(N2CCc3nc(-c4cc5ccccc5[nH]c4=O)[nH]c3C2)CC1. The van der Waals surface area contributed by atoms with Gasteiger partial charge in [-0.15, -0.1) is 0 Å². The summed E-state index contributed by atoms with van der Waals surface area (Å²) >= 11 is 0. The van der Waals surface area contributed by atoms with Crippen LogP contribution < -0.4 is 5.56 Å². The summed E-state index contributed by atoms with van der Waals surface area (Å²) in [5.41, 5.74) is 4.36. The Labute approximate surface area is 208 Å². The van der Waals surface area contributed by atoms with E-state index in [1.54, 1.807) is 0 Å². The molecule has 1 fully saturated rings. The third kappa shape index (κ3) is 4.52. The van der Waals surface area contributed by atoms with Gasteiger partial charge in [0.2, 0.25) is 0 Å². The van der Waals surface area contributed by atoms with Crippen molar-refractivity contribution < 1.29 is 9.53 Å². The molecule has 8 nitrogen and oxygen atoms in total. The highest BCUT2D eigenvalue weighted by atomic mass is 16.6. The van der Waals surface area contributed by atoms with E-state index >= 15 is 0 Å². The van der Waals surface area contributed by atoms with Gasteiger partial charge in [0.25, 0.3) is 5.56 Å². The molecule has 4 heterocycles. The summed E-state index contributed by atoms with van der Waals surface area (Å²) in [6, 6.07) is 19.8. The first-order valence-corrected chi connectivity index (χ1v) is 12.5. The van der Waals surface area contributed by atoms with Gasteiger partial charge in [0, 0.05) is 44.2 Å². The van der Waals surface area contributed by atoms with E-state index in [9.17, 15) is 9.59 Å². The number of nitrogens with zero attached hydrogens (tertiary/aromatic N) is 3. The number of carbonyl (C=O) groups excluding carboxylic acids is 1. The molecular formula is C28H29N5O3. The summed E-state index contributed by atoms with van der Waals surface area (Å²) in [5.74, 6) is 0.629. The monoisotopic (exact) mass is 483 g/mol. The molecule has 184 valence electrons. The lowest BCUT2D eigenvalue weighted by Crippen LogP contribution is -2.48. The quantitative estimate of drug-likeness (QED) is 0.456. The Bertz CT molecular complexity index is 1440. The predicted octanol–water partition coefficient (Wildman–Crippen LogP) is 4.08. The lowest BCUT2D eigenvalue weighted by atomic mass is 10.0. The second kappa shape index (κ2) is 9.62. The molecule has 2 aromatic heterocycles. The van der Waals surface area contributed by atoms with Gasteiger partial charge in [-0.25, -0.2) is 9.78 Å². The van der Waals surface area contributed by atoms with Crippen molar-refractivity contribution in [3.05, 3.63) is 88.0 Å². The summed E-state index contributed by atoms with van der Waals surface area (Å²) in [7, 11) is 0. The van der Waals surface area contributed by atoms with E-state index in [4.69, 9.17) is 9.72 Å². The van der Waals surface area contributed by atoms with Crippen LogP contribution in [0.4, 0.5) is 4.79 Å². The number of amides is 1. The molecule has 2 aromatic carbocycles. The summed E-state index contributed by atoms with van der Waals surface area (Å²) < 4.78 is 5.51. The van der Waals surface area contributed by atoms with Gasteiger partial charge in [-0.05, 0) is 35.9 Å². The van der Waals surface area contributed by atoms with Crippen molar-refractivity contribution in [2.75, 3.05) is 19.6 Å². The molecule has 2 N–H and O–H groups in total. The first-order chi connectivity index (χ1) is 17.6. The van der Waals surface area contributed by atoms with Crippen LogP contribution in [0.15, 0.2) is 65.5 Å². The second-order valence-electron chi connectivity index (χ2n) is 9.59. The molecule has 0 spiro atoms. The maximum atomic E-state index is 12.7. The molecule has 1 saturated heterocycles. The number of aromatic nitrogens is 3. The third-order valence-electron chi connectivity index (χ3n) is 7.31. The Morgan fingerprint density at radius 1 is 1.00 bits per heavy atom. The Kier molecular flexibility index (Phi) is 6.03. The van der Waals surface area contributed by atoms with E-state index in [0.29, 0.717) is 37.1 Å². The average Bonchev–Trinajstić information content (AvgIpc) is 3.35. The highest BCUT2D eigenvalue weighted by Gasteiger charge is 2.31. The maximum absolute atomic E-state index is 12.7. The van der Waals surface area contributed by atoms with Crippen molar-refractivity contribution >= 4 is 17.0 Å². The van der Waals surface area contributed by atoms with E-state index in [1.807, 2.05) is 65.6 Å². The molecule has 6 rings (SSSR count). The number of likely N-dealkylation sites (tertiary alicyclic amines) is 1. The topological polar surface area (TPSA) is 94.3 Å². The molecule has 0 atom stereocenters. The van der Waals surface area contributed by atoms with Crippen LogP contribution in [0.3, 0.4) is 0 Å². The number of hydrogen-bond acceptors (Lipinski definition) is 5. The van der Waals surface area contributed by atoms with E-state index in [0.717, 1.165) is 60.2 Å². The molecule has 8 heteroatoms. The molecule has 0 bridgehead atoms. The van der Waals surface area contributed by atoms with Crippen molar-refractivity contribution in [3.63, 3.8) is 0 Å². The third-order valence-corrected chi connectivity index (χ3v) is 7.31. The van der Waals surface area contributed by atoms with Gasteiger partial charge in [-0.3, -0.25) is 9.69 Å². The minimum absolute atomic E-state index is 0.136. The molecule has 0 unspecified atom stereocenters. The molecular weight excluding hydrogens is 454 g/mol. The van der Waals surface area contributed by atoms with Crippen LogP contribution >= 0.6 is 0 Å². The molecule has 2 aliphatic heterocycles. The molecule has 2 aliphatic rings. The fourth-order valence-electron chi connectivity index (χ4n) is 5.30. The minimum Gasteiger partial charge on any atom is -0.445 e. The fraction of sp³-hybridized carbons (Fsp3) is 0.321. The fourth-order valence-corrected chi connectivity index (χ4v) is 5.30. The molecule has 4 aromatic rings. The number of pyridine rings is 1. The first-order valence-electron chi connectivity index (χ1n) is 12.5. The Hall–Kier alpha value is -3.91. The van der Waals surface area contributed by atoms with Crippen molar-refractivity contribution in [2.45, 2.75) is 38.5 Å². The Morgan fingerprint density at radius 2 is 1.78 bits per heavy atom. The maximum Gasteiger partial charge on any atom is 0.410 e. The lowest BCUT2D eigenvalue weighted by Gasteiger charge is -2.39. The molecule has 36 heavy (non-hydrogen) atoms. The highest BCUT2D eigenvalue weighted by molar-refractivity contribution is 5.82. The first kappa shape index (κ1) is 22.5. The summed E-state index contributed by atoms with van der Waals surface area (Å²) in [4.78, 5) is 40.7. The van der Waals surface area contributed by atoms with Gasteiger partial charge >= 0.3 is 6.09 Å². The zero-order chi connectivity index (χ0) is 24.5. The Balaban J connectivity index is 1.08. The predicted molar refractivity (Wildman–Crippen MR) is 137 cm³/mol. The lowest BCUT2D eigenvalue weighted by molar-refractivity contribution is 0.0639. The molecule has 0 radical (unpaired) electrons. The largest absolute Gasteiger partial charge is 0.445 e.